The Morgan fingerprint density at radius 1 is 1.33 bits per heavy atom. The Morgan fingerprint density at radius 2 is 2.07 bits per heavy atom. The monoisotopic (exact) mass is 225 g/mol. The van der Waals surface area contributed by atoms with Gasteiger partial charge in [-0.3, -0.25) is 0 Å². The Balaban J connectivity index is 2.17. The van der Waals surface area contributed by atoms with Gasteiger partial charge in [0.25, 0.3) is 0 Å². The summed E-state index contributed by atoms with van der Waals surface area (Å²) < 4.78 is 13.6. The van der Waals surface area contributed by atoms with Crippen LogP contribution in [0.25, 0.3) is 0 Å². The average molecular weight is 225 g/mol. The van der Waals surface area contributed by atoms with Crippen molar-refractivity contribution in [3.8, 4) is 0 Å². The van der Waals surface area contributed by atoms with Crippen molar-refractivity contribution in [2.24, 2.45) is 5.73 Å². The normalized spacial score (nSPS) is 17.2. The van der Waals surface area contributed by atoms with Crippen LogP contribution < -0.4 is 5.73 Å². The predicted molar refractivity (Wildman–Crippen MR) is 62.4 cm³/mol. The van der Waals surface area contributed by atoms with Crippen molar-refractivity contribution >= 4 is 11.8 Å². The van der Waals surface area contributed by atoms with Crippen molar-refractivity contribution in [2.75, 3.05) is 0 Å². The van der Waals surface area contributed by atoms with E-state index in [9.17, 15) is 4.39 Å². The molecule has 0 saturated heterocycles. The van der Waals surface area contributed by atoms with Crippen LogP contribution in [0.3, 0.4) is 0 Å². The van der Waals surface area contributed by atoms with Crippen molar-refractivity contribution < 1.29 is 4.39 Å². The van der Waals surface area contributed by atoms with Gasteiger partial charge in [-0.05, 0) is 24.5 Å². The summed E-state index contributed by atoms with van der Waals surface area (Å²) in [7, 11) is 0. The van der Waals surface area contributed by atoms with Crippen molar-refractivity contribution in [2.45, 2.75) is 42.4 Å². The topological polar surface area (TPSA) is 26.0 Å². The van der Waals surface area contributed by atoms with Crippen LogP contribution in [0.4, 0.5) is 4.39 Å². The number of nitrogens with two attached hydrogens (primary N) is 1. The first-order valence-corrected chi connectivity index (χ1v) is 6.33. The fraction of sp³-hybridized carbons (Fsp3) is 0.500. The first kappa shape index (κ1) is 11.0. The van der Waals surface area contributed by atoms with Crippen LogP contribution in [0.1, 0.15) is 31.2 Å². The van der Waals surface area contributed by atoms with E-state index in [2.05, 4.69) is 0 Å². The lowest BCUT2D eigenvalue weighted by Crippen LogP contribution is -2.03. The second-order valence-corrected chi connectivity index (χ2v) is 5.27. The van der Waals surface area contributed by atoms with Crippen LogP contribution in [0.5, 0.6) is 0 Å². The van der Waals surface area contributed by atoms with Crippen molar-refractivity contribution in [3.05, 3.63) is 29.6 Å². The van der Waals surface area contributed by atoms with Gasteiger partial charge in [-0.15, -0.1) is 11.8 Å². The highest BCUT2D eigenvalue weighted by molar-refractivity contribution is 8.00. The van der Waals surface area contributed by atoms with E-state index in [1.54, 1.807) is 17.8 Å². The summed E-state index contributed by atoms with van der Waals surface area (Å²) >= 11 is 1.67. The largest absolute Gasteiger partial charge is 0.326 e. The van der Waals surface area contributed by atoms with Crippen molar-refractivity contribution in [1.82, 2.24) is 0 Å². The zero-order valence-corrected chi connectivity index (χ0v) is 9.52. The molecule has 2 N–H and O–H groups in total. The number of halogens is 1. The summed E-state index contributed by atoms with van der Waals surface area (Å²) in [4.78, 5) is 0.770. The zero-order chi connectivity index (χ0) is 10.7. The highest BCUT2D eigenvalue weighted by atomic mass is 32.2. The summed E-state index contributed by atoms with van der Waals surface area (Å²) in [5, 5.41) is 0.590. The maximum absolute atomic E-state index is 13.6. The Bertz CT molecular complexity index is 334. The van der Waals surface area contributed by atoms with E-state index in [0.29, 0.717) is 11.8 Å². The third kappa shape index (κ3) is 2.52. The molecule has 0 heterocycles. The number of hydrogen-bond acceptors (Lipinski definition) is 2. The lowest BCUT2D eigenvalue weighted by atomic mass is 10.2. The second-order valence-electron chi connectivity index (χ2n) is 3.96. The van der Waals surface area contributed by atoms with Gasteiger partial charge in [0.2, 0.25) is 0 Å². The SMILES string of the molecule is NCc1cccc(F)c1SC1CCCC1. The lowest BCUT2D eigenvalue weighted by molar-refractivity contribution is 0.596. The van der Waals surface area contributed by atoms with E-state index in [1.807, 2.05) is 6.07 Å². The Morgan fingerprint density at radius 3 is 2.73 bits per heavy atom. The van der Waals surface area contributed by atoms with Gasteiger partial charge in [0.15, 0.2) is 0 Å². The van der Waals surface area contributed by atoms with Crippen LogP contribution in [0, 0.1) is 5.82 Å². The molecule has 1 fully saturated rings. The third-order valence-corrected chi connectivity index (χ3v) is 4.35. The first-order valence-electron chi connectivity index (χ1n) is 5.45. The number of thioether (sulfide) groups is 1. The summed E-state index contributed by atoms with van der Waals surface area (Å²) in [5.41, 5.74) is 6.55. The van der Waals surface area contributed by atoms with Gasteiger partial charge in [-0.2, -0.15) is 0 Å². The zero-order valence-electron chi connectivity index (χ0n) is 8.71. The maximum atomic E-state index is 13.6. The second kappa shape index (κ2) is 4.99. The quantitative estimate of drug-likeness (QED) is 0.854. The highest BCUT2D eigenvalue weighted by Gasteiger charge is 2.19. The Hall–Kier alpha value is -0.540. The molecule has 15 heavy (non-hydrogen) atoms. The molecule has 0 bridgehead atoms. The molecular formula is C12H16FNS. The number of rotatable bonds is 3. The molecule has 1 aromatic rings. The fourth-order valence-corrected chi connectivity index (χ4v) is 3.40. The molecule has 1 nitrogen and oxygen atoms in total. The van der Waals surface area contributed by atoms with E-state index < -0.39 is 0 Å². The molecular weight excluding hydrogens is 209 g/mol. The van der Waals surface area contributed by atoms with E-state index in [0.717, 1.165) is 10.5 Å². The van der Waals surface area contributed by atoms with Gasteiger partial charge < -0.3 is 5.73 Å². The molecule has 0 aliphatic heterocycles. The van der Waals surface area contributed by atoms with E-state index in [1.165, 1.54) is 31.7 Å². The van der Waals surface area contributed by atoms with Crippen LogP contribution in [0.2, 0.25) is 0 Å². The van der Waals surface area contributed by atoms with E-state index >= 15 is 0 Å². The van der Waals surface area contributed by atoms with Crippen molar-refractivity contribution in [1.29, 1.82) is 0 Å². The third-order valence-electron chi connectivity index (χ3n) is 2.86. The standard InChI is InChI=1S/C12H16FNS/c13-11-7-3-4-9(8-14)12(11)15-10-5-1-2-6-10/h3-4,7,10H,1-2,5-6,8,14H2. The van der Waals surface area contributed by atoms with Gasteiger partial charge in [0.1, 0.15) is 5.82 Å². The van der Waals surface area contributed by atoms with Crippen LogP contribution >= 0.6 is 11.8 Å². The molecule has 1 aliphatic carbocycles. The molecule has 0 radical (unpaired) electrons. The summed E-state index contributed by atoms with van der Waals surface area (Å²) in [6.45, 7) is 0.423. The van der Waals surface area contributed by atoms with E-state index in [-0.39, 0.29) is 5.82 Å². The van der Waals surface area contributed by atoms with Crippen LogP contribution in [0.15, 0.2) is 23.1 Å². The van der Waals surface area contributed by atoms with Gasteiger partial charge >= 0.3 is 0 Å². The molecule has 2 rings (SSSR count). The highest BCUT2D eigenvalue weighted by Crippen LogP contribution is 2.37. The smallest absolute Gasteiger partial charge is 0.137 e. The van der Waals surface area contributed by atoms with Crippen LogP contribution in [-0.4, -0.2) is 5.25 Å². The summed E-state index contributed by atoms with van der Waals surface area (Å²) in [6, 6.07) is 5.17. The fourth-order valence-electron chi connectivity index (χ4n) is 2.02. The minimum Gasteiger partial charge on any atom is -0.326 e. The molecule has 82 valence electrons. The molecule has 0 amide bonds. The minimum atomic E-state index is -0.116. The van der Waals surface area contributed by atoms with E-state index in [4.69, 9.17) is 5.73 Å². The number of benzene rings is 1. The molecule has 0 aromatic heterocycles. The molecule has 0 unspecified atom stereocenters. The molecule has 1 saturated carbocycles. The molecule has 1 aliphatic rings. The Labute approximate surface area is 94.2 Å². The number of hydrogen-bond donors (Lipinski definition) is 1. The molecule has 1 aromatic carbocycles. The lowest BCUT2D eigenvalue weighted by Gasteiger charge is -2.12. The summed E-state index contributed by atoms with van der Waals surface area (Å²) in [6.07, 6.45) is 4.99. The van der Waals surface area contributed by atoms with Crippen LogP contribution in [-0.2, 0) is 6.54 Å². The van der Waals surface area contributed by atoms with Gasteiger partial charge in [0, 0.05) is 16.7 Å². The molecule has 0 atom stereocenters. The van der Waals surface area contributed by atoms with Gasteiger partial charge in [-0.1, -0.05) is 25.0 Å². The first-order chi connectivity index (χ1) is 7.31. The predicted octanol–water partition coefficient (Wildman–Crippen LogP) is 3.32. The Kier molecular flexibility index (Phi) is 3.65. The molecule has 3 heteroatoms. The minimum absolute atomic E-state index is 0.116. The van der Waals surface area contributed by atoms with Gasteiger partial charge in [0.05, 0.1) is 0 Å². The maximum Gasteiger partial charge on any atom is 0.137 e. The summed E-state index contributed by atoms with van der Waals surface area (Å²) in [5.74, 6) is -0.116. The van der Waals surface area contributed by atoms with Gasteiger partial charge in [-0.25, -0.2) is 4.39 Å². The van der Waals surface area contributed by atoms with Crippen molar-refractivity contribution in [3.63, 3.8) is 0 Å². The molecule has 0 spiro atoms. The average Bonchev–Trinajstić information content (AvgIpc) is 2.74.